The molecule has 2 amide bonds. The second-order valence-corrected chi connectivity index (χ2v) is 10.4. The lowest BCUT2D eigenvalue weighted by Gasteiger charge is -2.50. The smallest absolute Gasteiger partial charge is 0.225 e. The fourth-order valence-corrected chi connectivity index (χ4v) is 6.58. The molecule has 0 aromatic heterocycles. The van der Waals surface area contributed by atoms with Crippen LogP contribution < -0.4 is 0 Å². The second-order valence-electron chi connectivity index (χ2n) is 10.4. The van der Waals surface area contributed by atoms with E-state index in [1.54, 1.807) is 0 Å². The largest absolute Gasteiger partial charge is 0.342 e. The molecular formula is C23H37N3O2. The van der Waals surface area contributed by atoms with E-state index in [0.717, 1.165) is 71.1 Å². The Bertz CT molecular complexity index is 615. The summed E-state index contributed by atoms with van der Waals surface area (Å²) in [4.78, 5) is 32.2. The number of rotatable bonds is 3. The van der Waals surface area contributed by atoms with Crippen LogP contribution >= 0.6 is 0 Å². The van der Waals surface area contributed by atoms with Gasteiger partial charge < -0.3 is 9.80 Å². The summed E-state index contributed by atoms with van der Waals surface area (Å²) in [7, 11) is 0. The molecule has 0 spiro atoms. The summed E-state index contributed by atoms with van der Waals surface area (Å²) in [5.74, 6) is 1.84. The molecule has 0 N–H and O–H groups in total. The van der Waals surface area contributed by atoms with E-state index in [9.17, 15) is 9.59 Å². The molecule has 0 aromatic carbocycles. The van der Waals surface area contributed by atoms with Crippen molar-refractivity contribution in [2.75, 3.05) is 26.2 Å². The third kappa shape index (κ3) is 3.38. The van der Waals surface area contributed by atoms with Crippen LogP contribution in [0.15, 0.2) is 0 Å². The molecule has 3 saturated heterocycles. The van der Waals surface area contributed by atoms with Crippen molar-refractivity contribution in [1.82, 2.24) is 14.7 Å². The quantitative estimate of drug-likeness (QED) is 0.748. The van der Waals surface area contributed by atoms with Crippen LogP contribution in [0.1, 0.15) is 77.6 Å². The highest BCUT2D eigenvalue weighted by molar-refractivity contribution is 5.81. The number of piperidine rings is 2. The molecule has 5 nitrogen and oxygen atoms in total. The van der Waals surface area contributed by atoms with Crippen LogP contribution in [0.5, 0.6) is 0 Å². The van der Waals surface area contributed by atoms with Crippen molar-refractivity contribution < 1.29 is 9.59 Å². The van der Waals surface area contributed by atoms with E-state index in [2.05, 4.69) is 21.6 Å². The summed E-state index contributed by atoms with van der Waals surface area (Å²) < 4.78 is 0. The van der Waals surface area contributed by atoms with E-state index in [1.807, 2.05) is 0 Å². The first-order chi connectivity index (χ1) is 13.5. The van der Waals surface area contributed by atoms with Crippen molar-refractivity contribution in [2.24, 2.45) is 11.8 Å². The molecule has 2 aliphatic carbocycles. The average Bonchev–Trinajstić information content (AvgIpc) is 3.50. The molecule has 2 saturated carbocycles. The van der Waals surface area contributed by atoms with Gasteiger partial charge in [0.25, 0.3) is 0 Å². The van der Waals surface area contributed by atoms with Crippen LogP contribution in [0.4, 0.5) is 0 Å². The van der Waals surface area contributed by atoms with Gasteiger partial charge >= 0.3 is 0 Å². The molecule has 5 aliphatic rings. The topological polar surface area (TPSA) is 43.9 Å². The first kappa shape index (κ1) is 18.9. The third-order valence-corrected chi connectivity index (χ3v) is 8.65. The van der Waals surface area contributed by atoms with E-state index in [1.165, 1.54) is 25.7 Å². The molecule has 156 valence electrons. The Labute approximate surface area is 169 Å². The first-order valence-corrected chi connectivity index (χ1v) is 11.9. The minimum Gasteiger partial charge on any atom is -0.342 e. The number of nitrogens with zero attached hydrogens (tertiary/aromatic N) is 3. The summed E-state index contributed by atoms with van der Waals surface area (Å²) in [6, 6.07) is 1.02. The molecule has 2 atom stereocenters. The zero-order valence-corrected chi connectivity index (χ0v) is 17.6. The molecule has 28 heavy (non-hydrogen) atoms. The zero-order chi connectivity index (χ0) is 19.3. The lowest BCUT2D eigenvalue weighted by molar-refractivity contribution is -0.135. The fourth-order valence-electron chi connectivity index (χ4n) is 6.58. The van der Waals surface area contributed by atoms with Crippen LogP contribution in [0.2, 0.25) is 0 Å². The van der Waals surface area contributed by atoms with Crippen molar-refractivity contribution in [3.8, 4) is 0 Å². The molecule has 0 unspecified atom stereocenters. The number of hydrogen-bond donors (Lipinski definition) is 0. The zero-order valence-electron chi connectivity index (χ0n) is 17.6. The van der Waals surface area contributed by atoms with E-state index in [0.29, 0.717) is 35.7 Å². The van der Waals surface area contributed by atoms with Gasteiger partial charge in [-0.05, 0) is 64.2 Å². The number of amides is 2. The lowest BCUT2D eigenvalue weighted by atomic mass is 9.83. The van der Waals surface area contributed by atoms with Crippen molar-refractivity contribution in [3.63, 3.8) is 0 Å². The van der Waals surface area contributed by atoms with Gasteiger partial charge in [-0.25, -0.2) is 0 Å². The van der Waals surface area contributed by atoms with Gasteiger partial charge in [0.05, 0.1) is 0 Å². The Balaban J connectivity index is 1.16. The van der Waals surface area contributed by atoms with Crippen LogP contribution in [0.25, 0.3) is 0 Å². The number of hydrogen-bond acceptors (Lipinski definition) is 3. The Kier molecular flexibility index (Phi) is 4.93. The van der Waals surface area contributed by atoms with E-state index in [4.69, 9.17) is 0 Å². The minimum absolute atomic E-state index is 0.230. The summed E-state index contributed by atoms with van der Waals surface area (Å²) >= 11 is 0. The fraction of sp³-hybridized carbons (Fsp3) is 0.913. The summed E-state index contributed by atoms with van der Waals surface area (Å²) in [6.07, 6.45) is 12.6. The Morgan fingerprint density at radius 3 is 2.29 bits per heavy atom. The van der Waals surface area contributed by atoms with Gasteiger partial charge in [-0.1, -0.05) is 12.8 Å². The molecule has 3 heterocycles. The number of carbonyl (C=O) groups excluding carboxylic acids is 2. The lowest BCUT2D eigenvalue weighted by Crippen LogP contribution is -2.58. The molecule has 5 heteroatoms. The number of carbonyl (C=O) groups is 2. The number of likely N-dealkylation sites (tertiary alicyclic amines) is 3. The minimum atomic E-state index is 0.230. The van der Waals surface area contributed by atoms with Gasteiger partial charge in [-0.2, -0.15) is 0 Å². The Morgan fingerprint density at radius 2 is 1.61 bits per heavy atom. The maximum absolute atomic E-state index is 12.7. The highest BCUT2D eigenvalue weighted by Crippen LogP contribution is 2.41. The monoisotopic (exact) mass is 387 g/mol. The Morgan fingerprint density at radius 1 is 0.929 bits per heavy atom. The average molecular weight is 388 g/mol. The molecule has 0 radical (unpaired) electrons. The molecule has 0 aromatic rings. The standard InChI is InChI=1S/C23H37N3O2/c1-23(10-14-24(15-11-23)22(28)17-6-7-17)25-12-8-19(9-13-25)26-20-5-3-2-4-18(20)16-21(26)27/h17-20H,2-16H2,1H3/t18-,20+/m1/s1. The normalized spacial score (nSPS) is 34.5. The molecule has 5 fully saturated rings. The summed E-state index contributed by atoms with van der Waals surface area (Å²) in [5.41, 5.74) is 0.230. The highest BCUT2D eigenvalue weighted by Gasteiger charge is 2.46. The van der Waals surface area contributed by atoms with Crippen molar-refractivity contribution in [3.05, 3.63) is 0 Å². The molecule has 0 bridgehead atoms. The first-order valence-electron chi connectivity index (χ1n) is 11.9. The van der Waals surface area contributed by atoms with E-state index in [-0.39, 0.29) is 5.54 Å². The predicted molar refractivity (Wildman–Crippen MR) is 109 cm³/mol. The third-order valence-electron chi connectivity index (χ3n) is 8.65. The van der Waals surface area contributed by atoms with Gasteiger partial charge in [-0.3, -0.25) is 14.5 Å². The van der Waals surface area contributed by atoms with Crippen molar-refractivity contribution >= 4 is 11.8 Å². The second kappa shape index (κ2) is 7.30. The molecule has 3 aliphatic heterocycles. The summed E-state index contributed by atoms with van der Waals surface area (Å²) in [5, 5.41) is 0. The number of fused-ring (bicyclic) bond motifs is 1. The van der Waals surface area contributed by atoms with Gasteiger partial charge in [0, 0.05) is 56.1 Å². The van der Waals surface area contributed by atoms with Gasteiger partial charge in [0.1, 0.15) is 0 Å². The van der Waals surface area contributed by atoms with Gasteiger partial charge in [0.2, 0.25) is 11.8 Å². The predicted octanol–water partition coefficient (Wildman–Crippen LogP) is 3.03. The van der Waals surface area contributed by atoms with Crippen molar-refractivity contribution in [1.29, 1.82) is 0 Å². The van der Waals surface area contributed by atoms with Crippen LogP contribution in [0, 0.1) is 11.8 Å². The van der Waals surface area contributed by atoms with Gasteiger partial charge in [-0.15, -0.1) is 0 Å². The SMILES string of the molecule is CC1(N2CCC(N3C(=O)C[C@H]4CCCC[C@@H]43)CC2)CCN(C(=O)C2CC2)CC1. The van der Waals surface area contributed by atoms with Gasteiger partial charge in [0.15, 0.2) is 0 Å². The van der Waals surface area contributed by atoms with E-state index >= 15 is 0 Å². The van der Waals surface area contributed by atoms with Crippen LogP contribution in [0.3, 0.4) is 0 Å². The maximum atomic E-state index is 12.7. The van der Waals surface area contributed by atoms with E-state index < -0.39 is 0 Å². The van der Waals surface area contributed by atoms with Crippen LogP contribution in [-0.2, 0) is 9.59 Å². The van der Waals surface area contributed by atoms with Crippen molar-refractivity contribution in [2.45, 2.75) is 95.2 Å². The highest BCUT2D eigenvalue weighted by atomic mass is 16.2. The van der Waals surface area contributed by atoms with Crippen LogP contribution in [-0.4, -0.2) is 70.3 Å². The molecular weight excluding hydrogens is 350 g/mol. The Hall–Kier alpha value is -1.10. The summed E-state index contributed by atoms with van der Waals surface area (Å²) in [6.45, 7) is 6.49. The maximum Gasteiger partial charge on any atom is 0.225 e. The molecule has 5 rings (SSSR count).